The molecular weight excluding hydrogens is 504 g/mol. The maximum Gasteiger partial charge on any atom is 0.253 e. The number of thiophene rings is 1. The summed E-state index contributed by atoms with van der Waals surface area (Å²) in [6.07, 6.45) is 1.08. The summed E-state index contributed by atoms with van der Waals surface area (Å²) in [7, 11) is 1.64. The number of anilines is 1. The Kier molecular flexibility index (Phi) is 7.27. The van der Waals surface area contributed by atoms with Gasteiger partial charge in [0.25, 0.3) is 10.0 Å². The van der Waals surface area contributed by atoms with Gasteiger partial charge in [0.1, 0.15) is 16.0 Å². The first kappa shape index (κ1) is 24.4. The predicted octanol–water partition coefficient (Wildman–Crippen LogP) is 3.77. The Hall–Kier alpha value is -1.76. The summed E-state index contributed by atoms with van der Waals surface area (Å²) in [5.74, 6) is 0.457. The van der Waals surface area contributed by atoms with Crippen LogP contribution in [0.15, 0.2) is 34.5 Å². The van der Waals surface area contributed by atoms with Gasteiger partial charge in [-0.1, -0.05) is 22.9 Å². The molecule has 4 rings (SSSR count). The number of benzene rings is 1. The van der Waals surface area contributed by atoms with Crippen molar-refractivity contribution in [1.29, 1.82) is 0 Å². The summed E-state index contributed by atoms with van der Waals surface area (Å²) in [6.45, 7) is 1.32. The lowest BCUT2D eigenvalue weighted by Gasteiger charge is -2.29. The summed E-state index contributed by atoms with van der Waals surface area (Å²) in [5.41, 5.74) is 0.766. The number of sulfonamides is 1. The van der Waals surface area contributed by atoms with Crippen molar-refractivity contribution in [2.24, 2.45) is 0 Å². The molecule has 33 heavy (non-hydrogen) atoms. The summed E-state index contributed by atoms with van der Waals surface area (Å²) in [5, 5.41) is 0.550. The van der Waals surface area contributed by atoms with E-state index in [9.17, 15) is 13.2 Å². The average molecular weight is 529 g/mol. The SMILES string of the molecule is COc1ccc2nc(N(CCN(C)C)C(=O)C3CCCN3S(=O)(=O)c3ccc(Cl)s3)sc2c1. The van der Waals surface area contributed by atoms with E-state index in [0.717, 1.165) is 21.6 Å². The van der Waals surface area contributed by atoms with Crippen molar-refractivity contribution in [3.05, 3.63) is 34.7 Å². The lowest BCUT2D eigenvalue weighted by molar-refractivity contribution is -0.121. The van der Waals surface area contributed by atoms with E-state index in [1.54, 1.807) is 18.1 Å². The van der Waals surface area contributed by atoms with E-state index in [-0.39, 0.29) is 10.1 Å². The third-order valence-electron chi connectivity index (χ3n) is 5.45. The molecule has 2 aromatic heterocycles. The van der Waals surface area contributed by atoms with Crippen LogP contribution in [-0.4, -0.2) is 75.4 Å². The number of carbonyl (C=O) groups excluding carboxylic acids is 1. The second-order valence-corrected chi connectivity index (χ2v) is 12.8. The molecule has 0 N–H and O–H groups in total. The number of halogens is 1. The van der Waals surface area contributed by atoms with Crippen LogP contribution in [0.25, 0.3) is 10.2 Å². The first-order valence-electron chi connectivity index (χ1n) is 10.4. The van der Waals surface area contributed by atoms with Crippen LogP contribution in [0.1, 0.15) is 12.8 Å². The highest BCUT2D eigenvalue weighted by atomic mass is 35.5. The second kappa shape index (κ2) is 9.85. The highest BCUT2D eigenvalue weighted by Crippen LogP contribution is 2.35. The summed E-state index contributed by atoms with van der Waals surface area (Å²) in [6, 6.07) is 7.85. The molecule has 0 radical (unpaired) electrons. The van der Waals surface area contributed by atoms with Gasteiger partial charge in [-0.15, -0.1) is 11.3 Å². The molecule has 1 saturated heterocycles. The molecule has 1 atom stereocenters. The third-order valence-corrected chi connectivity index (χ3v) is 10.1. The fraction of sp³-hybridized carbons (Fsp3) is 0.429. The Morgan fingerprint density at radius 3 is 2.70 bits per heavy atom. The van der Waals surface area contributed by atoms with Crippen LogP contribution in [0, 0.1) is 0 Å². The van der Waals surface area contributed by atoms with Gasteiger partial charge < -0.3 is 9.64 Å². The molecule has 3 aromatic rings. The van der Waals surface area contributed by atoms with Gasteiger partial charge in [-0.2, -0.15) is 4.31 Å². The number of aromatic nitrogens is 1. The first-order valence-corrected chi connectivity index (χ1v) is 13.8. The highest BCUT2D eigenvalue weighted by Gasteiger charge is 2.42. The minimum Gasteiger partial charge on any atom is -0.497 e. The van der Waals surface area contributed by atoms with Crippen LogP contribution in [0.2, 0.25) is 4.34 Å². The van der Waals surface area contributed by atoms with Crippen LogP contribution in [0.3, 0.4) is 0 Å². The number of nitrogens with zero attached hydrogens (tertiary/aromatic N) is 4. The normalized spacial score (nSPS) is 17.2. The summed E-state index contributed by atoms with van der Waals surface area (Å²) < 4.78 is 34.6. The molecule has 0 bridgehead atoms. The number of amides is 1. The molecule has 3 heterocycles. The van der Waals surface area contributed by atoms with Crippen LogP contribution >= 0.6 is 34.3 Å². The van der Waals surface area contributed by atoms with Crippen molar-refractivity contribution in [2.75, 3.05) is 45.7 Å². The minimum absolute atomic E-state index is 0.152. The smallest absolute Gasteiger partial charge is 0.253 e. The van der Waals surface area contributed by atoms with Gasteiger partial charge in [-0.3, -0.25) is 9.69 Å². The Morgan fingerprint density at radius 1 is 1.24 bits per heavy atom. The molecule has 0 spiro atoms. The van der Waals surface area contributed by atoms with Gasteiger partial charge in [0.2, 0.25) is 5.91 Å². The molecule has 1 fully saturated rings. The van der Waals surface area contributed by atoms with Crippen molar-refractivity contribution in [3.63, 3.8) is 0 Å². The molecule has 1 amide bonds. The Bertz CT molecular complexity index is 1260. The van der Waals surface area contributed by atoms with Gasteiger partial charge in [0, 0.05) is 19.6 Å². The summed E-state index contributed by atoms with van der Waals surface area (Å²) in [4.78, 5) is 22.0. The number of hydrogen-bond acceptors (Lipinski definition) is 8. The highest BCUT2D eigenvalue weighted by molar-refractivity contribution is 7.91. The van der Waals surface area contributed by atoms with Crippen molar-refractivity contribution in [1.82, 2.24) is 14.2 Å². The monoisotopic (exact) mass is 528 g/mol. The van der Waals surface area contributed by atoms with Crippen LogP contribution in [0.4, 0.5) is 5.13 Å². The quantitative estimate of drug-likeness (QED) is 0.442. The van der Waals surface area contributed by atoms with Gasteiger partial charge in [-0.05, 0) is 57.3 Å². The largest absolute Gasteiger partial charge is 0.497 e. The van der Waals surface area contributed by atoms with Gasteiger partial charge in [-0.25, -0.2) is 13.4 Å². The Balaban J connectivity index is 1.67. The number of ether oxygens (including phenoxy) is 1. The van der Waals surface area contributed by atoms with E-state index in [1.807, 2.05) is 37.2 Å². The lowest BCUT2D eigenvalue weighted by atomic mass is 10.2. The maximum absolute atomic E-state index is 13.8. The molecule has 178 valence electrons. The number of fused-ring (bicyclic) bond motifs is 1. The van der Waals surface area contributed by atoms with E-state index < -0.39 is 16.1 Å². The molecule has 1 aromatic carbocycles. The molecule has 1 aliphatic rings. The van der Waals surface area contributed by atoms with E-state index in [1.165, 1.54) is 21.7 Å². The number of thiazole rings is 1. The van der Waals surface area contributed by atoms with E-state index in [2.05, 4.69) is 4.98 Å². The Labute approximate surface area is 206 Å². The molecule has 0 saturated carbocycles. The number of methoxy groups -OCH3 is 1. The Morgan fingerprint density at radius 2 is 2.03 bits per heavy atom. The second-order valence-electron chi connectivity index (χ2n) is 7.96. The zero-order valence-corrected chi connectivity index (χ0v) is 21.7. The lowest BCUT2D eigenvalue weighted by Crippen LogP contribution is -2.49. The van der Waals surface area contributed by atoms with Crippen molar-refractivity contribution < 1.29 is 17.9 Å². The van der Waals surface area contributed by atoms with E-state index in [4.69, 9.17) is 16.3 Å². The fourth-order valence-corrected chi connectivity index (χ4v) is 8.03. The molecule has 8 nitrogen and oxygen atoms in total. The van der Waals surface area contributed by atoms with E-state index >= 15 is 0 Å². The molecule has 1 aliphatic heterocycles. The number of rotatable bonds is 8. The van der Waals surface area contributed by atoms with Gasteiger partial charge >= 0.3 is 0 Å². The van der Waals surface area contributed by atoms with Gasteiger partial charge in [0.15, 0.2) is 5.13 Å². The molecule has 12 heteroatoms. The zero-order valence-electron chi connectivity index (χ0n) is 18.5. The van der Waals surface area contributed by atoms with Crippen molar-refractivity contribution >= 4 is 65.6 Å². The number of carbonyl (C=O) groups is 1. The van der Waals surface area contributed by atoms with E-state index in [0.29, 0.717) is 47.7 Å². The minimum atomic E-state index is -3.82. The average Bonchev–Trinajstić information content (AvgIpc) is 3.52. The standard InChI is InChI=1S/C21H25ClN4O4S3/c1-24(2)11-12-25(21-23-15-7-6-14(30-3)13-17(15)31-21)20(27)16-5-4-10-26(16)33(28,29)19-9-8-18(22)32-19/h6-9,13,16H,4-5,10-12H2,1-3H3. The zero-order chi connectivity index (χ0) is 23.8. The third kappa shape index (κ3) is 5.03. The van der Waals surface area contributed by atoms with Crippen LogP contribution < -0.4 is 9.64 Å². The predicted molar refractivity (Wildman–Crippen MR) is 133 cm³/mol. The van der Waals surface area contributed by atoms with Crippen molar-refractivity contribution in [2.45, 2.75) is 23.1 Å². The fourth-order valence-electron chi connectivity index (χ4n) is 3.74. The number of likely N-dealkylation sites (N-methyl/N-ethyl adjacent to an activating group) is 1. The maximum atomic E-state index is 13.8. The van der Waals surface area contributed by atoms with Crippen LogP contribution in [0.5, 0.6) is 5.75 Å². The first-order chi connectivity index (χ1) is 15.7. The van der Waals surface area contributed by atoms with Crippen molar-refractivity contribution in [3.8, 4) is 5.75 Å². The summed E-state index contributed by atoms with van der Waals surface area (Å²) >= 11 is 8.37. The van der Waals surface area contributed by atoms with Gasteiger partial charge in [0.05, 0.1) is 21.7 Å². The molecular formula is C21H25ClN4O4S3. The molecule has 1 unspecified atom stereocenters. The topological polar surface area (TPSA) is 83.1 Å². The number of hydrogen-bond donors (Lipinski definition) is 0. The molecule has 0 aliphatic carbocycles. The van der Waals surface area contributed by atoms with Crippen LogP contribution in [-0.2, 0) is 14.8 Å².